The average molecular weight is 306 g/mol. The van der Waals surface area contributed by atoms with E-state index in [2.05, 4.69) is 20.8 Å². The van der Waals surface area contributed by atoms with Crippen molar-refractivity contribution in [2.24, 2.45) is 0 Å². The molecule has 1 aromatic rings. The molecule has 0 unspecified atom stereocenters. The molecule has 0 spiro atoms. The molecule has 5 heteroatoms. The summed E-state index contributed by atoms with van der Waals surface area (Å²) in [6.07, 6.45) is 3.99. The molecule has 0 amide bonds. The second-order valence-corrected chi connectivity index (χ2v) is 6.39. The van der Waals surface area contributed by atoms with Gasteiger partial charge in [0, 0.05) is 9.80 Å². The van der Waals surface area contributed by atoms with Gasteiger partial charge in [0.25, 0.3) is 0 Å². The fourth-order valence-electron chi connectivity index (χ4n) is 0.955. The first-order chi connectivity index (χ1) is 6.74. The molecule has 0 aliphatic carbocycles. The summed E-state index contributed by atoms with van der Waals surface area (Å²) in [6, 6.07) is 1.98. The van der Waals surface area contributed by atoms with Gasteiger partial charge in [-0.1, -0.05) is 6.07 Å². The summed E-state index contributed by atoms with van der Waals surface area (Å²) < 4.78 is 2.10. The fourth-order valence-corrected chi connectivity index (χ4v) is 3.58. The number of hydrogen-bond acceptors (Lipinski definition) is 3. The van der Waals surface area contributed by atoms with E-state index in [4.69, 9.17) is 6.57 Å². The van der Waals surface area contributed by atoms with E-state index in [-0.39, 0.29) is 0 Å². The van der Waals surface area contributed by atoms with Crippen LogP contribution in [0.15, 0.2) is 19.5 Å². The van der Waals surface area contributed by atoms with Crippen molar-refractivity contribution in [3.05, 3.63) is 36.5 Å². The molecule has 74 valence electrons. The zero-order valence-electron chi connectivity index (χ0n) is 7.70. The van der Waals surface area contributed by atoms with Gasteiger partial charge in [-0.2, -0.15) is 0 Å². The maximum Gasteiger partial charge on any atom is 0.215 e. The van der Waals surface area contributed by atoms with Crippen LogP contribution in [0.3, 0.4) is 0 Å². The SMILES string of the molecule is [C-]#[N+]C(=C(SC)SC)c1ccsc1Br. The molecule has 0 saturated heterocycles. The minimum atomic E-state index is 0.748. The summed E-state index contributed by atoms with van der Waals surface area (Å²) in [7, 11) is 0. The van der Waals surface area contributed by atoms with E-state index >= 15 is 0 Å². The molecule has 0 aliphatic rings. The first kappa shape index (κ1) is 12.2. The van der Waals surface area contributed by atoms with Crippen LogP contribution >= 0.6 is 50.8 Å². The summed E-state index contributed by atoms with van der Waals surface area (Å²) in [5.41, 5.74) is 1.75. The third-order valence-corrected chi connectivity index (χ3v) is 5.36. The molecule has 0 N–H and O–H groups in total. The van der Waals surface area contributed by atoms with Crippen LogP contribution < -0.4 is 0 Å². The average Bonchev–Trinajstić information content (AvgIpc) is 2.61. The first-order valence-electron chi connectivity index (χ1n) is 3.67. The Kier molecular flexibility index (Phi) is 5.10. The second-order valence-electron chi connectivity index (χ2n) is 2.26. The molecule has 1 nitrogen and oxygen atoms in total. The quantitative estimate of drug-likeness (QED) is 0.740. The van der Waals surface area contributed by atoms with Gasteiger partial charge in [-0.25, -0.2) is 4.85 Å². The van der Waals surface area contributed by atoms with Gasteiger partial charge in [-0.15, -0.1) is 34.9 Å². The molecular formula is C9H8BrNS3. The Morgan fingerprint density at radius 2 is 2.14 bits per heavy atom. The number of rotatable bonds is 3. The van der Waals surface area contributed by atoms with E-state index < -0.39 is 0 Å². The van der Waals surface area contributed by atoms with E-state index in [1.165, 1.54) is 0 Å². The van der Waals surface area contributed by atoms with Crippen molar-refractivity contribution in [2.75, 3.05) is 12.5 Å². The van der Waals surface area contributed by atoms with Gasteiger partial charge in [0.2, 0.25) is 5.70 Å². The van der Waals surface area contributed by atoms with Crippen molar-refractivity contribution in [1.82, 2.24) is 0 Å². The summed E-state index contributed by atoms with van der Waals surface area (Å²) in [5, 5.41) is 1.99. The Labute approximate surface area is 105 Å². The fraction of sp³-hybridized carbons (Fsp3) is 0.222. The van der Waals surface area contributed by atoms with Crippen LogP contribution in [0.25, 0.3) is 10.5 Å². The molecular weight excluding hydrogens is 298 g/mol. The van der Waals surface area contributed by atoms with Crippen molar-refractivity contribution in [2.45, 2.75) is 0 Å². The lowest BCUT2D eigenvalue weighted by atomic mass is 10.3. The van der Waals surface area contributed by atoms with Crippen molar-refractivity contribution in [3.63, 3.8) is 0 Å². The van der Waals surface area contributed by atoms with Crippen LogP contribution in [0.2, 0.25) is 0 Å². The van der Waals surface area contributed by atoms with Crippen LogP contribution in [0, 0.1) is 6.57 Å². The monoisotopic (exact) mass is 305 g/mol. The standard InChI is InChI=1S/C9H8BrNS3/c1-11-7(9(12-2)13-3)6-4-5-14-8(6)10/h4-5H,2-3H3. The molecule has 14 heavy (non-hydrogen) atoms. The van der Waals surface area contributed by atoms with Crippen LogP contribution in [0.1, 0.15) is 5.56 Å². The second kappa shape index (κ2) is 5.86. The zero-order chi connectivity index (χ0) is 10.6. The summed E-state index contributed by atoms with van der Waals surface area (Å²) in [6.45, 7) is 7.19. The minimum absolute atomic E-state index is 0.748. The van der Waals surface area contributed by atoms with Gasteiger partial charge in [0.1, 0.15) is 0 Å². The summed E-state index contributed by atoms with van der Waals surface area (Å²) in [4.78, 5) is 3.60. The molecule has 1 heterocycles. The van der Waals surface area contributed by atoms with Crippen LogP contribution in [-0.2, 0) is 0 Å². The Balaban J connectivity index is 3.24. The third kappa shape index (κ3) is 2.57. The lowest BCUT2D eigenvalue weighted by Gasteiger charge is -2.03. The van der Waals surface area contributed by atoms with Crippen molar-refractivity contribution < 1.29 is 0 Å². The molecule has 0 saturated carbocycles. The Morgan fingerprint density at radius 3 is 2.50 bits per heavy atom. The molecule has 0 atom stereocenters. The highest BCUT2D eigenvalue weighted by Crippen LogP contribution is 2.38. The molecule has 0 aliphatic heterocycles. The normalized spacial score (nSPS) is 9.57. The van der Waals surface area contributed by atoms with Gasteiger partial charge in [-0.05, 0) is 33.8 Å². The van der Waals surface area contributed by atoms with Gasteiger partial charge in [0.15, 0.2) is 0 Å². The first-order valence-corrected chi connectivity index (χ1v) is 7.79. The maximum atomic E-state index is 7.19. The molecule has 0 bridgehead atoms. The maximum absolute atomic E-state index is 7.19. The van der Waals surface area contributed by atoms with E-state index in [0.29, 0.717) is 0 Å². The third-order valence-electron chi connectivity index (χ3n) is 1.55. The van der Waals surface area contributed by atoms with E-state index in [9.17, 15) is 0 Å². The predicted octanol–water partition coefficient (Wildman–Crippen LogP) is 4.78. The number of halogens is 1. The lowest BCUT2D eigenvalue weighted by Crippen LogP contribution is -1.79. The van der Waals surface area contributed by atoms with Crippen molar-refractivity contribution >= 4 is 56.5 Å². The Morgan fingerprint density at radius 1 is 1.50 bits per heavy atom. The number of hydrogen-bond donors (Lipinski definition) is 0. The van der Waals surface area contributed by atoms with Gasteiger partial charge in [0.05, 0.1) is 10.4 Å². The Hall–Kier alpha value is 0.110. The highest BCUT2D eigenvalue weighted by atomic mass is 79.9. The molecule has 0 aromatic carbocycles. The predicted molar refractivity (Wildman–Crippen MR) is 72.6 cm³/mol. The molecule has 0 radical (unpaired) electrons. The minimum Gasteiger partial charge on any atom is -0.236 e. The van der Waals surface area contributed by atoms with E-state index in [0.717, 1.165) is 19.3 Å². The van der Waals surface area contributed by atoms with Crippen molar-refractivity contribution in [3.8, 4) is 0 Å². The van der Waals surface area contributed by atoms with Crippen LogP contribution in [-0.4, -0.2) is 12.5 Å². The molecule has 1 rings (SSSR count). The number of thiophene rings is 1. The van der Waals surface area contributed by atoms with Crippen LogP contribution in [0.4, 0.5) is 0 Å². The smallest absolute Gasteiger partial charge is 0.215 e. The van der Waals surface area contributed by atoms with Crippen molar-refractivity contribution in [1.29, 1.82) is 0 Å². The summed E-state index contributed by atoms with van der Waals surface area (Å²) >= 11 is 8.31. The van der Waals surface area contributed by atoms with Gasteiger partial charge < -0.3 is 0 Å². The molecule has 0 fully saturated rings. The lowest BCUT2D eigenvalue weighted by molar-refractivity contribution is 1.74. The number of thioether (sulfide) groups is 2. The topological polar surface area (TPSA) is 4.36 Å². The van der Waals surface area contributed by atoms with Gasteiger partial charge in [-0.3, -0.25) is 0 Å². The van der Waals surface area contributed by atoms with Gasteiger partial charge >= 0.3 is 0 Å². The highest BCUT2D eigenvalue weighted by molar-refractivity contribution is 9.11. The zero-order valence-corrected chi connectivity index (χ0v) is 11.7. The largest absolute Gasteiger partial charge is 0.236 e. The van der Waals surface area contributed by atoms with E-state index in [1.54, 1.807) is 34.9 Å². The summed E-state index contributed by atoms with van der Waals surface area (Å²) in [5.74, 6) is 0. The molecule has 1 aromatic heterocycles. The Bertz CT molecular complexity index is 383. The van der Waals surface area contributed by atoms with E-state index in [1.807, 2.05) is 24.0 Å². The van der Waals surface area contributed by atoms with Crippen LogP contribution in [0.5, 0.6) is 0 Å². The number of nitrogens with zero attached hydrogens (tertiary/aromatic N) is 1. The highest BCUT2D eigenvalue weighted by Gasteiger charge is 2.12.